The average molecular weight is 369 g/mol. The number of carbonyl (C=O) groups is 1. The van der Waals surface area contributed by atoms with Gasteiger partial charge >= 0.3 is 0 Å². The average Bonchev–Trinajstić information content (AvgIpc) is 2.99. The molecule has 0 bridgehead atoms. The first-order valence-corrected chi connectivity index (χ1v) is 9.42. The van der Waals surface area contributed by atoms with Crippen LogP contribution in [0, 0.1) is 5.82 Å². The Kier molecular flexibility index (Phi) is 6.99. The van der Waals surface area contributed by atoms with Crippen molar-refractivity contribution in [1.82, 2.24) is 15.1 Å². The summed E-state index contributed by atoms with van der Waals surface area (Å²) < 4.78 is 14.0. The van der Waals surface area contributed by atoms with Gasteiger partial charge in [0.15, 0.2) is 4.34 Å². The summed E-state index contributed by atoms with van der Waals surface area (Å²) in [6.45, 7) is 5.15. The summed E-state index contributed by atoms with van der Waals surface area (Å²) in [7, 11) is 1.72. The van der Waals surface area contributed by atoms with Crippen molar-refractivity contribution in [2.24, 2.45) is 0 Å². The molecule has 1 atom stereocenters. The van der Waals surface area contributed by atoms with E-state index in [1.54, 1.807) is 24.1 Å². The summed E-state index contributed by atoms with van der Waals surface area (Å²) in [5, 5.41) is 11.8. The lowest BCUT2D eigenvalue weighted by Crippen LogP contribution is -2.32. The fourth-order valence-electron chi connectivity index (χ4n) is 2.06. The molecular formula is C16H21FN4OS2. The van der Waals surface area contributed by atoms with E-state index in [-0.39, 0.29) is 17.0 Å². The molecule has 0 aliphatic rings. The van der Waals surface area contributed by atoms with Crippen LogP contribution in [0.1, 0.15) is 25.8 Å². The van der Waals surface area contributed by atoms with Gasteiger partial charge in [-0.15, -0.1) is 10.2 Å². The number of hydrogen-bond acceptors (Lipinski definition) is 6. The quantitative estimate of drug-likeness (QED) is 0.721. The van der Waals surface area contributed by atoms with Crippen molar-refractivity contribution < 1.29 is 9.18 Å². The maximum atomic E-state index is 13.2. The molecule has 0 aliphatic heterocycles. The molecule has 0 radical (unpaired) electrons. The minimum absolute atomic E-state index is 0.0254. The molecule has 1 aromatic carbocycles. The number of halogens is 1. The SMILES string of the molecule is CCCNc1nnc(SC(C)C(=O)N(C)Cc2cccc(F)c2)s1. The highest BCUT2D eigenvalue weighted by molar-refractivity contribution is 8.02. The van der Waals surface area contributed by atoms with Crippen molar-refractivity contribution in [1.29, 1.82) is 0 Å². The van der Waals surface area contributed by atoms with Crippen LogP contribution < -0.4 is 5.32 Å². The van der Waals surface area contributed by atoms with Crippen LogP contribution in [0.2, 0.25) is 0 Å². The Morgan fingerprint density at radius 2 is 2.25 bits per heavy atom. The molecule has 1 N–H and O–H groups in total. The van der Waals surface area contributed by atoms with E-state index >= 15 is 0 Å². The minimum atomic E-state index is -0.295. The Labute approximate surface area is 149 Å². The van der Waals surface area contributed by atoms with E-state index in [0.29, 0.717) is 6.54 Å². The van der Waals surface area contributed by atoms with E-state index in [1.807, 2.05) is 6.92 Å². The second-order valence-corrected chi connectivity index (χ2v) is 7.95. The first kappa shape index (κ1) is 18.7. The molecule has 1 aromatic heterocycles. The van der Waals surface area contributed by atoms with E-state index in [0.717, 1.165) is 28.0 Å². The predicted molar refractivity (Wildman–Crippen MR) is 96.9 cm³/mol. The van der Waals surface area contributed by atoms with E-state index < -0.39 is 0 Å². The largest absolute Gasteiger partial charge is 0.360 e. The molecule has 2 aromatic rings. The monoisotopic (exact) mass is 368 g/mol. The highest BCUT2D eigenvalue weighted by atomic mass is 32.2. The van der Waals surface area contributed by atoms with Crippen molar-refractivity contribution in [3.05, 3.63) is 35.6 Å². The Morgan fingerprint density at radius 3 is 2.96 bits per heavy atom. The summed E-state index contributed by atoms with van der Waals surface area (Å²) in [6.07, 6.45) is 1.02. The van der Waals surface area contributed by atoms with Crippen LogP contribution in [-0.4, -0.2) is 39.8 Å². The number of nitrogens with one attached hydrogen (secondary N) is 1. The third kappa shape index (κ3) is 5.45. The Balaban J connectivity index is 1.89. The van der Waals surface area contributed by atoms with Gasteiger partial charge in [0.1, 0.15) is 5.82 Å². The van der Waals surface area contributed by atoms with E-state index in [2.05, 4.69) is 22.4 Å². The first-order valence-electron chi connectivity index (χ1n) is 7.73. The van der Waals surface area contributed by atoms with Crippen molar-refractivity contribution in [2.75, 3.05) is 18.9 Å². The van der Waals surface area contributed by atoms with E-state index in [9.17, 15) is 9.18 Å². The van der Waals surface area contributed by atoms with Gasteiger partial charge in [-0.1, -0.05) is 42.2 Å². The number of amides is 1. The van der Waals surface area contributed by atoms with Crippen molar-refractivity contribution in [3.8, 4) is 0 Å². The normalized spacial score (nSPS) is 12.0. The Bertz CT molecular complexity index is 680. The maximum absolute atomic E-state index is 13.2. The molecule has 5 nitrogen and oxygen atoms in total. The Hall–Kier alpha value is -1.67. The number of hydrogen-bond donors (Lipinski definition) is 1. The van der Waals surface area contributed by atoms with Gasteiger partial charge < -0.3 is 10.2 Å². The first-order chi connectivity index (χ1) is 11.5. The molecule has 1 amide bonds. The molecule has 8 heteroatoms. The fraction of sp³-hybridized carbons (Fsp3) is 0.438. The lowest BCUT2D eigenvalue weighted by Gasteiger charge is -2.20. The third-order valence-corrected chi connectivity index (χ3v) is 5.30. The third-order valence-electron chi connectivity index (χ3n) is 3.24. The van der Waals surface area contributed by atoms with Gasteiger partial charge in [-0.2, -0.15) is 0 Å². The molecule has 0 spiro atoms. The summed E-state index contributed by atoms with van der Waals surface area (Å²) in [4.78, 5) is 14.1. The van der Waals surface area contributed by atoms with Gasteiger partial charge in [0.05, 0.1) is 5.25 Å². The van der Waals surface area contributed by atoms with E-state index in [4.69, 9.17) is 0 Å². The molecule has 130 valence electrons. The van der Waals surface area contributed by atoms with Crippen LogP contribution in [0.3, 0.4) is 0 Å². The van der Waals surface area contributed by atoms with Gasteiger partial charge in [-0.3, -0.25) is 4.79 Å². The highest BCUT2D eigenvalue weighted by Crippen LogP contribution is 2.29. The number of thioether (sulfide) groups is 1. The number of anilines is 1. The highest BCUT2D eigenvalue weighted by Gasteiger charge is 2.21. The molecule has 0 fully saturated rings. The lowest BCUT2D eigenvalue weighted by molar-refractivity contribution is -0.129. The number of aromatic nitrogens is 2. The van der Waals surface area contributed by atoms with E-state index in [1.165, 1.54) is 35.2 Å². The zero-order valence-electron chi connectivity index (χ0n) is 14.0. The van der Waals surface area contributed by atoms with Gasteiger partial charge in [0.25, 0.3) is 0 Å². The van der Waals surface area contributed by atoms with Crippen molar-refractivity contribution in [3.63, 3.8) is 0 Å². The Morgan fingerprint density at radius 1 is 1.46 bits per heavy atom. The molecule has 2 rings (SSSR count). The van der Waals surface area contributed by atoms with Gasteiger partial charge in [-0.25, -0.2) is 4.39 Å². The van der Waals surface area contributed by atoms with Gasteiger partial charge in [0.2, 0.25) is 11.0 Å². The molecule has 0 saturated carbocycles. The molecule has 1 unspecified atom stereocenters. The second-order valence-electron chi connectivity index (χ2n) is 5.38. The van der Waals surface area contributed by atoms with Gasteiger partial charge in [0, 0.05) is 20.1 Å². The van der Waals surface area contributed by atoms with Gasteiger partial charge in [-0.05, 0) is 31.0 Å². The minimum Gasteiger partial charge on any atom is -0.360 e. The van der Waals surface area contributed by atoms with Crippen LogP contribution in [0.5, 0.6) is 0 Å². The molecular weight excluding hydrogens is 347 g/mol. The fourth-order valence-corrected chi connectivity index (χ4v) is 4.10. The van der Waals surface area contributed by atoms with Crippen LogP contribution in [0.15, 0.2) is 28.6 Å². The molecule has 24 heavy (non-hydrogen) atoms. The summed E-state index contributed by atoms with van der Waals surface area (Å²) in [5.41, 5.74) is 0.769. The van der Waals surface area contributed by atoms with Crippen LogP contribution >= 0.6 is 23.1 Å². The number of benzene rings is 1. The zero-order valence-corrected chi connectivity index (χ0v) is 15.6. The molecule has 0 saturated heterocycles. The second kappa shape index (κ2) is 8.98. The zero-order chi connectivity index (χ0) is 17.5. The number of rotatable bonds is 8. The number of nitrogens with zero attached hydrogens (tertiary/aromatic N) is 3. The maximum Gasteiger partial charge on any atom is 0.235 e. The summed E-state index contributed by atoms with van der Waals surface area (Å²) in [5.74, 6) is -0.320. The standard InChI is InChI=1S/C16H21FN4OS2/c1-4-8-18-15-19-20-16(24-15)23-11(2)14(22)21(3)10-12-6-5-7-13(17)9-12/h5-7,9,11H,4,8,10H2,1-3H3,(H,18,19). The lowest BCUT2D eigenvalue weighted by atomic mass is 10.2. The molecule has 0 aliphatic carbocycles. The van der Waals surface area contributed by atoms with Crippen LogP contribution in [0.25, 0.3) is 0 Å². The van der Waals surface area contributed by atoms with Crippen molar-refractivity contribution in [2.45, 2.75) is 36.4 Å². The molecule has 1 heterocycles. The smallest absolute Gasteiger partial charge is 0.235 e. The van der Waals surface area contributed by atoms with Crippen molar-refractivity contribution >= 4 is 34.1 Å². The summed E-state index contributed by atoms with van der Waals surface area (Å²) >= 11 is 2.83. The number of carbonyl (C=O) groups excluding carboxylic acids is 1. The predicted octanol–water partition coefficient (Wildman–Crippen LogP) is 3.64. The summed E-state index contributed by atoms with van der Waals surface area (Å²) in [6, 6.07) is 6.29. The topological polar surface area (TPSA) is 58.1 Å². The van der Waals surface area contributed by atoms with Crippen LogP contribution in [-0.2, 0) is 11.3 Å². The van der Waals surface area contributed by atoms with Crippen LogP contribution in [0.4, 0.5) is 9.52 Å².